The minimum Gasteiger partial charge on any atom is -0.452 e. The molecule has 3 aliphatic rings. The standard InChI is InChI=1S/C30H24BrClN2O5/c31-23-11-8-19(14-24(23)32)33-25(35)15-39-30(38)17-6-9-20(10-7-17)34-28(36)26-18-12-21(16-4-2-1-3-5-16)22(13-18)27(26)29(34)37/h1-11,14,18,21-22,26-27H,12-13,15H2,(H,33,35)/t18-,21+,22+,26+,27+/m0/s1. The lowest BCUT2D eigenvalue weighted by Gasteiger charge is -2.28. The molecule has 0 spiro atoms. The van der Waals surface area contributed by atoms with Crippen LogP contribution in [-0.4, -0.2) is 30.3 Å². The first-order valence-electron chi connectivity index (χ1n) is 12.8. The Labute approximate surface area is 238 Å². The Balaban J connectivity index is 1.09. The Morgan fingerprint density at radius 2 is 1.67 bits per heavy atom. The molecule has 3 fully saturated rings. The summed E-state index contributed by atoms with van der Waals surface area (Å²) in [6.45, 7) is -0.480. The Hall–Kier alpha value is -3.49. The van der Waals surface area contributed by atoms with Gasteiger partial charge in [-0.05, 0) is 94.6 Å². The number of fused-ring (bicyclic) bond motifs is 5. The SMILES string of the molecule is O=C(COC(=O)c1ccc(N2C(=O)[C@@H]3[C@@H]4C[C@@H]([C@H]3C2=O)[C@@H](c2ccccc2)C4)cc1)Nc1ccc(Br)c(Cl)c1. The molecule has 5 atom stereocenters. The molecule has 3 aromatic carbocycles. The maximum absolute atomic E-state index is 13.5. The average molecular weight is 608 g/mol. The predicted octanol–water partition coefficient (Wildman–Crippen LogP) is 5.83. The van der Waals surface area contributed by atoms with Gasteiger partial charge < -0.3 is 10.1 Å². The van der Waals surface area contributed by atoms with Crippen molar-refractivity contribution >= 4 is 62.6 Å². The van der Waals surface area contributed by atoms with Gasteiger partial charge in [0.25, 0.3) is 5.91 Å². The van der Waals surface area contributed by atoms with Gasteiger partial charge in [0.2, 0.25) is 11.8 Å². The van der Waals surface area contributed by atoms with Crippen LogP contribution in [-0.2, 0) is 19.1 Å². The fourth-order valence-corrected chi connectivity index (χ4v) is 6.96. The molecule has 3 aromatic rings. The predicted molar refractivity (Wildman–Crippen MR) is 149 cm³/mol. The fourth-order valence-electron chi connectivity index (χ4n) is 6.53. The Morgan fingerprint density at radius 1 is 0.949 bits per heavy atom. The van der Waals surface area contributed by atoms with Gasteiger partial charge in [0, 0.05) is 10.2 Å². The molecule has 2 aliphatic carbocycles. The third-order valence-electron chi connectivity index (χ3n) is 8.14. The number of esters is 1. The smallest absolute Gasteiger partial charge is 0.338 e. The molecular weight excluding hydrogens is 584 g/mol. The molecule has 2 bridgehead atoms. The van der Waals surface area contributed by atoms with Crippen molar-refractivity contribution in [2.24, 2.45) is 23.7 Å². The van der Waals surface area contributed by atoms with E-state index in [1.807, 2.05) is 18.2 Å². The van der Waals surface area contributed by atoms with Gasteiger partial charge in [-0.2, -0.15) is 0 Å². The van der Waals surface area contributed by atoms with Crippen LogP contribution in [0, 0.1) is 23.7 Å². The van der Waals surface area contributed by atoms with Gasteiger partial charge in [-0.25, -0.2) is 4.79 Å². The second-order valence-corrected chi connectivity index (χ2v) is 11.5. The number of imide groups is 1. The van der Waals surface area contributed by atoms with Crippen molar-refractivity contribution in [2.75, 3.05) is 16.8 Å². The molecule has 1 aliphatic heterocycles. The van der Waals surface area contributed by atoms with E-state index in [2.05, 4.69) is 33.4 Å². The summed E-state index contributed by atoms with van der Waals surface area (Å²) in [5.41, 5.74) is 2.36. The van der Waals surface area contributed by atoms with E-state index >= 15 is 0 Å². The first kappa shape index (κ1) is 25.8. The van der Waals surface area contributed by atoms with Crippen LogP contribution in [0.1, 0.15) is 34.7 Å². The van der Waals surface area contributed by atoms with Crippen molar-refractivity contribution in [3.8, 4) is 0 Å². The van der Waals surface area contributed by atoms with E-state index in [1.165, 1.54) is 22.6 Å². The maximum Gasteiger partial charge on any atom is 0.338 e. The highest BCUT2D eigenvalue weighted by atomic mass is 79.9. The highest BCUT2D eigenvalue weighted by molar-refractivity contribution is 9.10. The van der Waals surface area contributed by atoms with Crippen molar-refractivity contribution < 1.29 is 23.9 Å². The van der Waals surface area contributed by atoms with Crippen molar-refractivity contribution in [2.45, 2.75) is 18.8 Å². The first-order valence-corrected chi connectivity index (χ1v) is 13.9. The average Bonchev–Trinajstić information content (AvgIpc) is 3.61. The van der Waals surface area contributed by atoms with Crippen molar-refractivity contribution in [1.82, 2.24) is 0 Å². The number of carbonyl (C=O) groups excluding carboxylic acids is 4. The van der Waals surface area contributed by atoms with E-state index in [4.69, 9.17) is 16.3 Å². The summed E-state index contributed by atoms with van der Waals surface area (Å²) < 4.78 is 5.83. The Bertz CT molecular complexity index is 1480. The number of hydrogen-bond donors (Lipinski definition) is 1. The summed E-state index contributed by atoms with van der Waals surface area (Å²) in [6, 6.07) is 21.3. The Morgan fingerprint density at radius 3 is 2.38 bits per heavy atom. The van der Waals surface area contributed by atoms with Gasteiger partial charge >= 0.3 is 5.97 Å². The van der Waals surface area contributed by atoms with Crippen molar-refractivity contribution in [1.29, 1.82) is 0 Å². The monoisotopic (exact) mass is 606 g/mol. The number of amides is 3. The van der Waals surface area contributed by atoms with Crippen LogP contribution in [0.25, 0.3) is 0 Å². The lowest BCUT2D eigenvalue weighted by Crippen LogP contribution is -2.33. The molecule has 7 nitrogen and oxygen atoms in total. The van der Waals surface area contributed by atoms with Gasteiger partial charge in [0.15, 0.2) is 6.61 Å². The number of rotatable bonds is 6. The number of carbonyl (C=O) groups is 4. The van der Waals surface area contributed by atoms with Gasteiger partial charge in [0.1, 0.15) is 0 Å². The van der Waals surface area contributed by atoms with Crippen molar-refractivity contribution in [3.63, 3.8) is 0 Å². The van der Waals surface area contributed by atoms with Crippen molar-refractivity contribution in [3.05, 3.63) is 93.4 Å². The summed E-state index contributed by atoms with van der Waals surface area (Å²) in [7, 11) is 0. The molecule has 6 rings (SSSR count). The highest BCUT2D eigenvalue weighted by Crippen LogP contribution is 2.61. The Kier molecular flexibility index (Phi) is 6.77. The van der Waals surface area contributed by atoms with E-state index in [-0.39, 0.29) is 41.0 Å². The second-order valence-electron chi connectivity index (χ2n) is 10.3. The molecular formula is C30H24BrClN2O5. The third kappa shape index (κ3) is 4.66. The third-order valence-corrected chi connectivity index (χ3v) is 9.37. The van der Waals surface area contributed by atoms with Gasteiger partial charge in [-0.3, -0.25) is 19.3 Å². The van der Waals surface area contributed by atoms with E-state index < -0.39 is 18.5 Å². The van der Waals surface area contributed by atoms with Crippen LogP contribution >= 0.6 is 27.5 Å². The summed E-state index contributed by atoms with van der Waals surface area (Å²) in [6.07, 6.45) is 1.84. The zero-order valence-electron chi connectivity index (χ0n) is 20.7. The summed E-state index contributed by atoms with van der Waals surface area (Å²) in [5, 5.41) is 3.05. The minimum atomic E-state index is -0.690. The molecule has 2 saturated carbocycles. The zero-order chi connectivity index (χ0) is 27.3. The number of nitrogens with zero attached hydrogens (tertiary/aromatic N) is 1. The lowest BCUT2D eigenvalue weighted by molar-refractivity contribution is -0.123. The topological polar surface area (TPSA) is 92.8 Å². The van der Waals surface area contributed by atoms with E-state index in [1.54, 1.807) is 30.3 Å². The summed E-state index contributed by atoms with van der Waals surface area (Å²) >= 11 is 9.31. The van der Waals surface area contributed by atoms with Crippen LogP contribution in [0.2, 0.25) is 5.02 Å². The molecule has 1 N–H and O–H groups in total. The molecule has 9 heteroatoms. The number of hydrogen-bond acceptors (Lipinski definition) is 5. The van der Waals surface area contributed by atoms with Crippen LogP contribution in [0.4, 0.5) is 11.4 Å². The number of halogens is 2. The van der Waals surface area contributed by atoms with E-state index in [0.717, 1.165) is 12.8 Å². The van der Waals surface area contributed by atoms with Gasteiger partial charge in [-0.15, -0.1) is 0 Å². The van der Waals surface area contributed by atoms with Crippen LogP contribution in [0.15, 0.2) is 77.3 Å². The quantitative estimate of drug-likeness (QED) is 0.281. The minimum absolute atomic E-state index is 0.149. The van der Waals surface area contributed by atoms with Gasteiger partial charge in [0.05, 0.1) is 28.1 Å². The number of ether oxygens (including phenoxy) is 1. The molecule has 198 valence electrons. The lowest BCUT2D eigenvalue weighted by atomic mass is 9.73. The molecule has 39 heavy (non-hydrogen) atoms. The second kappa shape index (κ2) is 10.2. The van der Waals surface area contributed by atoms with Crippen LogP contribution in [0.3, 0.4) is 0 Å². The number of nitrogens with one attached hydrogen (secondary N) is 1. The molecule has 0 unspecified atom stereocenters. The molecule has 3 amide bonds. The summed E-state index contributed by atoms with van der Waals surface area (Å²) in [5.74, 6) is -1.41. The van der Waals surface area contributed by atoms with E-state index in [0.29, 0.717) is 26.8 Å². The largest absolute Gasteiger partial charge is 0.452 e. The fraction of sp³-hybridized carbons (Fsp3) is 0.267. The molecule has 1 saturated heterocycles. The number of benzene rings is 3. The molecule has 1 heterocycles. The normalized spacial score (nSPS) is 25.1. The molecule has 0 radical (unpaired) electrons. The highest BCUT2D eigenvalue weighted by Gasteiger charge is 2.64. The van der Waals surface area contributed by atoms with E-state index in [9.17, 15) is 19.2 Å². The van der Waals surface area contributed by atoms with Gasteiger partial charge in [-0.1, -0.05) is 41.9 Å². The summed E-state index contributed by atoms with van der Waals surface area (Å²) in [4.78, 5) is 52.9. The maximum atomic E-state index is 13.5. The molecule has 0 aromatic heterocycles. The van der Waals surface area contributed by atoms with Crippen LogP contribution < -0.4 is 10.2 Å². The number of anilines is 2. The zero-order valence-corrected chi connectivity index (χ0v) is 23.0. The first-order chi connectivity index (χ1) is 18.8. The van der Waals surface area contributed by atoms with Crippen LogP contribution in [0.5, 0.6) is 0 Å².